The summed E-state index contributed by atoms with van der Waals surface area (Å²) in [5.41, 5.74) is 5.33. The number of nitrogens with one attached hydrogen (secondary N) is 1. The number of epoxide rings is 1. The van der Waals surface area contributed by atoms with Gasteiger partial charge in [-0.3, -0.25) is 24.3 Å². The Morgan fingerprint density at radius 3 is 2.28 bits per heavy atom. The number of carbonyl (C=O) groups is 6. The topological polar surface area (TPSA) is 256 Å². The van der Waals surface area contributed by atoms with Crippen LogP contribution in [0.4, 0.5) is 15.3 Å². The van der Waals surface area contributed by atoms with Gasteiger partial charge >= 0.3 is 18.2 Å². The first kappa shape index (κ1) is 65.0. The number of Topliss-reactive ketones (excluding diaryl/α,β-unsaturated/α-hetero) is 1. The van der Waals surface area contributed by atoms with Crippen molar-refractivity contribution >= 4 is 74.1 Å². The number of ketones is 1. The summed E-state index contributed by atoms with van der Waals surface area (Å²) in [6.45, 7) is 8.82. The van der Waals surface area contributed by atoms with Crippen molar-refractivity contribution < 1.29 is 70.5 Å². The summed E-state index contributed by atoms with van der Waals surface area (Å²) < 4.78 is 67.1. The molecule has 88 heavy (non-hydrogen) atoms. The number of hydrogen-bond donors (Lipinski definition) is 3. The number of ether oxygens (including phenoxy) is 5. The van der Waals surface area contributed by atoms with Crippen molar-refractivity contribution in [2.24, 2.45) is 11.8 Å². The fourth-order valence-corrected chi connectivity index (χ4v) is 13.4. The molecule has 2 unspecified atom stereocenters. The Kier molecular flexibility index (Phi) is 19.5. The summed E-state index contributed by atoms with van der Waals surface area (Å²) in [6, 6.07) is 27.8. The van der Waals surface area contributed by atoms with Crippen LogP contribution in [0.1, 0.15) is 87.2 Å². The molecule has 2 saturated heterocycles. The van der Waals surface area contributed by atoms with Crippen LogP contribution in [0.5, 0.6) is 0 Å². The fraction of sp³-hybridized carbons (Fsp3) is 0.446. The Hall–Kier alpha value is -7.44. The minimum absolute atomic E-state index is 0.0888. The van der Waals surface area contributed by atoms with Gasteiger partial charge in [-0.25, -0.2) is 24.4 Å². The molecule has 4 aliphatic rings. The molecule has 4 heterocycles. The summed E-state index contributed by atoms with van der Waals surface area (Å²) >= 11 is 6.87. The van der Waals surface area contributed by atoms with Crippen molar-refractivity contribution in [1.29, 1.82) is 0 Å². The fourth-order valence-electron chi connectivity index (χ4n) is 12.4. The number of aryl methyl sites for hydroxylation is 2. The lowest BCUT2D eigenvalue weighted by atomic mass is 9.83. The number of rotatable bonds is 17. The minimum Gasteiger partial charge on any atom is -0.457 e. The Bertz CT molecular complexity index is 3660. The average molecular weight is 1250 g/mol. The molecular weight excluding hydrogens is 1170 g/mol. The number of esters is 1. The van der Waals surface area contributed by atoms with Gasteiger partial charge in [0.2, 0.25) is 11.8 Å². The normalized spacial score (nSPS) is 24.6. The molecule has 0 radical (unpaired) electrons. The van der Waals surface area contributed by atoms with E-state index >= 15 is 0 Å². The van der Waals surface area contributed by atoms with Gasteiger partial charge in [-0.15, -0.1) is 0 Å². The highest BCUT2D eigenvalue weighted by molar-refractivity contribution is 7.85. The third-order valence-corrected chi connectivity index (χ3v) is 19.0. The van der Waals surface area contributed by atoms with Gasteiger partial charge in [0.1, 0.15) is 42.3 Å². The SMILES string of the molecule is CO[C@@H]1/C=C/C=C(\C)Cc2cc(C)c(Cl)c(c2)N(C)C(=O)C[C@H](OC(=O)[C@H](C)N(C)C(=O)C(CC(=O)CCn2c(CN(C)N(C)C(=O)OCC3c4ccccc4-c4ccccc43)cc3ccccc32)CS(=O)(=O)O)[C@]2(C)OC2[C@H](C)[C@@H]2C[C@]1(O)NC(=O)O2. The average Bonchev–Trinajstić information content (AvgIpc) is 1.59. The molecule has 9 rings (SSSR count). The van der Waals surface area contributed by atoms with Gasteiger partial charge in [-0.2, -0.15) is 8.42 Å². The Morgan fingerprint density at radius 2 is 1.61 bits per heavy atom. The number of amides is 4. The van der Waals surface area contributed by atoms with Gasteiger partial charge in [-0.05, 0) is 91.1 Å². The highest BCUT2D eigenvalue weighted by Gasteiger charge is 2.64. The number of aromatic nitrogens is 1. The molecule has 23 heteroatoms. The van der Waals surface area contributed by atoms with Crippen molar-refractivity contribution in [2.45, 2.75) is 128 Å². The number of anilines is 1. The maximum atomic E-state index is 14.5. The van der Waals surface area contributed by atoms with E-state index < -0.39 is 118 Å². The predicted molar refractivity (Wildman–Crippen MR) is 330 cm³/mol. The first-order valence-corrected chi connectivity index (χ1v) is 31.2. The van der Waals surface area contributed by atoms with E-state index in [1.165, 1.54) is 38.0 Å². The standard InChI is InChI=1S/C65H77ClN6O15S/c1-38-18-17-25-55(83-10)65(79)34-54(85-62(77)67-65)40(3)59-64(5,87-59)56(33-57(74)70(8)53-30-42(28-38)29-39(2)58(53)66)86-61(76)41(4)69(7)60(75)44(37-88(80,81)82)32-46(73)26-27-72-45(31-43-19-11-16-24-52(43)72)35-68(6)71(9)63(78)84-36-51-49-22-14-12-20-47(49)48-21-13-15-23-50(48)51/h11-25,29-31,40-41,44,51,54-56,59,79H,26-28,32-37H2,1-10H3,(H,67,77)(H,80,81,82)/b25-17+,38-18+/t40-,41+,44?,54+,55-,56+,59?,64+,65-/m1/s1. The molecule has 4 bridgehead atoms. The van der Waals surface area contributed by atoms with Crippen molar-refractivity contribution in [3.63, 3.8) is 0 Å². The maximum absolute atomic E-state index is 14.5. The molecule has 0 saturated carbocycles. The summed E-state index contributed by atoms with van der Waals surface area (Å²) in [5, 5.41) is 18.7. The van der Waals surface area contributed by atoms with Crippen molar-refractivity contribution in [2.75, 3.05) is 52.6 Å². The summed E-state index contributed by atoms with van der Waals surface area (Å²) in [7, 11) is 2.62. The molecule has 4 amide bonds. The lowest BCUT2D eigenvalue weighted by molar-refractivity contribution is -0.162. The zero-order valence-corrected chi connectivity index (χ0v) is 52.7. The third kappa shape index (κ3) is 14.0. The third-order valence-electron chi connectivity index (χ3n) is 17.7. The Morgan fingerprint density at radius 1 is 0.955 bits per heavy atom. The number of alkyl carbamates (subject to hydrolysis) is 1. The smallest absolute Gasteiger partial charge is 0.424 e. The van der Waals surface area contributed by atoms with E-state index in [1.54, 1.807) is 51.2 Å². The van der Waals surface area contributed by atoms with Gasteiger partial charge < -0.3 is 43.2 Å². The second-order valence-corrected chi connectivity index (χ2v) is 25.8. The van der Waals surface area contributed by atoms with E-state index in [4.69, 9.17) is 35.3 Å². The maximum Gasteiger partial charge on any atom is 0.424 e. The number of methoxy groups -OCH3 is 1. The van der Waals surface area contributed by atoms with Gasteiger partial charge in [0.15, 0.2) is 5.72 Å². The van der Waals surface area contributed by atoms with E-state index in [0.29, 0.717) is 22.7 Å². The molecule has 5 aromatic rings. The van der Waals surface area contributed by atoms with E-state index in [1.807, 2.05) is 97.3 Å². The number of aliphatic hydroxyl groups is 1. The van der Waals surface area contributed by atoms with Gasteiger partial charge in [0.05, 0.1) is 41.5 Å². The minimum atomic E-state index is -4.88. The lowest BCUT2D eigenvalue weighted by Gasteiger charge is -2.42. The van der Waals surface area contributed by atoms with Crippen LogP contribution in [-0.2, 0) is 72.5 Å². The van der Waals surface area contributed by atoms with Crippen LogP contribution in [0.3, 0.4) is 0 Å². The first-order valence-electron chi connectivity index (χ1n) is 29.2. The zero-order chi connectivity index (χ0) is 63.7. The lowest BCUT2D eigenvalue weighted by Crippen LogP contribution is -2.63. The van der Waals surface area contributed by atoms with Crippen LogP contribution in [0.25, 0.3) is 22.0 Å². The molecule has 4 aromatic carbocycles. The number of hydrogen-bond acceptors (Lipinski definition) is 15. The van der Waals surface area contributed by atoms with Gasteiger partial charge in [0.25, 0.3) is 10.1 Å². The van der Waals surface area contributed by atoms with E-state index in [2.05, 4.69) is 17.4 Å². The second-order valence-electron chi connectivity index (χ2n) is 23.9. The largest absolute Gasteiger partial charge is 0.457 e. The van der Waals surface area contributed by atoms with E-state index in [-0.39, 0.29) is 38.5 Å². The molecule has 470 valence electrons. The monoisotopic (exact) mass is 1250 g/mol. The molecule has 3 aliphatic heterocycles. The highest BCUT2D eigenvalue weighted by atomic mass is 35.5. The van der Waals surface area contributed by atoms with Crippen LogP contribution in [0.15, 0.2) is 115 Å². The second kappa shape index (κ2) is 26.3. The van der Waals surface area contributed by atoms with Crippen molar-refractivity contribution in [3.8, 4) is 11.1 Å². The molecule has 2 fully saturated rings. The molecule has 3 N–H and O–H groups in total. The number of allylic oxidation sites excluding steroid dienone is 3. The predicted octanol–water partition coefficient (Wildman–Crippen LogP) is 8.55. The number of likely N-dealkylation sites (N-methyl/N-ethyl adjacent to an activating group) is 1. The van der Waals surface area contributed by atoms with Crippen molar-refractivity contribution in [3.05, 3.63) is 148 Å². The summed E-state index contributed by atoms with van der Waals surface area (Å²) in [4.78, 5) is 86.6. The zero-order valence-electron chi connectivity index (χ0n) is 51.1. The number of carbonyl (C=O) groups excluding carboxylic acids is 6. The van der Waals surface area contributed by atoms with Crippen molar-refractivity contribution in [1.82, 2.24) is 24.8 Å². The van der Waals surface area contributed by atoms with Crippen LogP contribution in [-0.4, -0.2) is 163 Å². The molecule has 21 nitrogen and oxygen atoms in total. The number of halogens is 1. The molecular formula is C65H77ClN6O15S. The van der Waals surface area contributed by atoms with Gasteiger partial charge in [0, 0.05) is 84.2 Å². The quantitative estimate of drug-likeness (QED) is 0.0259. The Balaban J connectivity index is 0.891. The van der Waals surface area contributed by atoms with Gasteiger partial charge in [-0.1, -0.05) is 115 Å². The first-order chi connectivity index (χ1) is 41.6. The van der Waals surface area contributed by atoms with Crippen LogP contribution < -0.4 is 10.2 Å². The molecule has 1 aliphatic carbocycles. The highest BCUT2D eigenvalue weighted by Crippen LogP contribution is 2.50. The van der Waals surface area contributed by atoms with E-state index in [0.717, 1.165) is 54.9 Å². The summed E-state index contributed by atoms with van der Waals surface area (Å²) in [6.07, 6.45) is -1.48. The van der Waals surface area contributed by atoms with E-state index in [9.17, 15) is 46.8 Å². The summed E-state index contributed by atoms with van der Waals surface area (Å²) in [5.74, 6) is -6.64. The number of hydrazine groups is 1. The van der Waals surface area contributed by atoms with Crippen LogP contribution >= 0.6 is 11.6 Å². The number of para-hydroxylation sites is 1. The number of nitrogens with zero attached hydrogens (tertiary/aromatic N) is 5. The molecule has 0 spiro atoms. The number of benzene rings is 4. The molecule has 1 aromatic heterocycles. The molecule has 9 atom stereocenters. The van der Waals surface area contributed by atoms with Crippen LogP contribution in [0, 0.1) is 18.8 Å². The number of fused-ring (bicyclic) bond motifs is 9. The Labute approximate surface area is 517 Å². The van der Waals surface area contributed by atoms with Crippen LogP contribution in [0.2, 0.25) is 5.02 Å².